The molecule has 0 atom stereocenters. The van der Waals surface area contributed by atoms with E-state index in [9.17, 15) is 0 Å². The van der Waals surface area contributed by atoms with E-state index in [-0.39, 0.29) is 0 Å². The first-order valence-corrected chi connectivity index (χ1v) is 8.41. The fourth-order valence-electron chi connectivity index (χ4n) is 2.99. The molecule has 5 nitrogen and oxygen atoms in total. The van der Waals surface area contributed by atoms with Crippen molar-refractivity contribution >= 4 is 0 Å². The maximum atomic E-state index is 6.34. The van der Waals surface area contributed by atoms with Crippen molar-refractivity contribution in [3.8, 4) is 5.75 Å². The van der Waals surface area contributed by atoms with E-state index in [1.165, 1.54) is 5.56 Å². The summed E-state index contributed by atoms with van der Waals surface area (Å²) >= 11 is 0. The van der Waals surface area contributed by atoms with Gasteiger partial charge < -0.3 is 15.0 Å². The van der Waals surface area contributed by atoms with E-state index in [0.29, 0.717) is 30.7 Å². The van der Waals surface area contributed by atoms with E-state index in [0.717, 1.165) is 31.4 Å². The van der Waals surface area contributed by atoms with E-state index in [4.69, 9.17) is 15.0 Å². The third-order valence-corrected chi connectivity index (χ3v) is 4.54. The third kappa shape index (κ3) is 3.72. The lowest BCUT2D eigenvalue weighted by atomic mass is 9.99. The number of hydrogen-bond acceptors (Lipinski definition) is 5. The number of nitrogens with two attached hydrogens (primary N) is 1. The van der Waals surface area contributed by atoms with Crippen molar-refractivity contribution in [2.24, 2.45) is 5.73 Å². The average molecular weight is 315 g/mol. The average Bonchev–Trinajstić information content (AvgIpc) is 3.18. The van der Waals surface area contributed by atoms with E-state index < -0.39 is 5.54 Å². The molecule has 1 aliphatic rings. The highest BCUT2D eigenvalue weighted by molar-refractivity contribution is 5.28. The molecule has 0 spiro atoms. The van der Waals surface area contributed by atoms with Crippen LogP contribution in [0, 0.1) is 0 Å². The molecular weight excluding hydrogens is 290 g/mol. The van der Waals surface area contributed by atoms with Gasteiger partial charge in [0.05, 0.1) is 18.6 Å². The van der Waals surface area contributed by atoms with Gasteiger partial charge in [0.2, 0.25) is 5.89 Å². The van der Waals surface area contributed by atoms with Crippen molar-refractivity contribution in [2.75, 3.05) is 6.61 Å². The minimum absolute atomic E-state index is 0.394. The number of hydrogen-bond donors (Lipinski definition) is 1. The lowest BCUT2D eigenvalue weighted by Gasteiger charge is -2.17. The molecule has 2 N–H and O–H groups in total. The highest BCUT2D eigenvalue weighted by Gasteiger charge is 2.35. The summed E-state index contributed by atoms with van der Waals surface area (Å²) in [5.74, 6) is 2.63. The first-order valence-electron chi connectivity index (χ1n) is 8.41. The molecule has 0 saturated heterocycles. The molecule has 0 radical (unpaired) electrons. The Balaban J connectivity index is 1.52. The number of nitrogens with zero attached hydrogens (tertiary/aromatic N) is 2. The van der Waals surface area contributed by atoms with Crippen molar-refractivity contribution in [2.45, 2.75) is 57.4 Å². The van der Waals surface area contributed by atoms with Gasteiger partial charge in [0.25, 0.3) is 0 Å². The summed E-state index contributed by atoms with van der Waals surface area (Å²) in [4.78, 5) is 4.45. The maximum absolute atomic E-state index is 6.34. The zero-order valence-corrected chi connectivity index (χ0v) is 13.9. The molecule has 1 aliphatic carbocycles. The van der Waals surface area contributed by atoms with Gasteiger partial charge in [-0.05, 0) is 36.5 Å². The first-order chi connectivity index (χ1) is 11.1. The van der Waals surface area contributed by atoms with Gasteiger partial charge in [0, 0.05) is 0 Å². The van der Waals surface area contributed by atoms with Gasteiger partial charge in [0.1, 0.15) is 5.75 Å². The Labute approximate surface area is 137 Å². The summed E-state index contributed by atoms with van der Waals surface area (Å²) in [7, 11) is 0. The van der Waals surface area contributed by atoms with Crippen molar-refractivity contribution in [1.82, 2.24) is 10.1 Å². The highest BCUT2D eigenvalue weighted by atomic mass is 16.5. The van der Waals surface area contributed by atoms with Crippen LogP contribution < -0.4 is 10.5 Å². The summed E-state index contributed by atoms with van der Waals surface area (Å²) in [5.41, 5.74) is 7.25. The molecule has 2 aromatic rings. The molecule has 23 heavy (non-hydrogen) atoms. The Kier molecular flexibility index (Phi) is 4.66. The predicted molar refractivity (Wildman–Crippen MR) is 88.4 cm³/mol. The molecule has 5 heteroatoms. The van der Waals surface area contributed by atoms with Crippen LogP contribution in [0.5, 0.6) is 5.75 Å². The molecule has 0 unspecified atom stereocenters. The molecule has 0 bridgehead atoms. The second-order valence-corrected chi connectivity index (χ2v) is 6.70. The monoisotopic (exact) mass is 315 g/mol. The molecular formula is C18H25N3O2. The summed E-state index contributed by atoms with van der Waals surface area (Å²) in [6.45, 7) is 4.87. The van der Waals surface area contributed by atoms with Gasteiger partial charge in [-0.25, -0.2) is 0 Å². The van der Waals surface area contributed by atoms with Crippen LogP contribution in [0.4, 0.5) is 0 Å². The lowest BCUT2D eigenvalue weighted by Crippen LogP contribution is -2.34. The molecule has 0 aliphatic heterocycles. The summed E-state index contributed by atoms with van der Waals surface area (Å²) < 4.78 is 11.1. The fraction of sp³-hybridized carbons (Fsp3) is 0.556. The van der Waals surface area contributed by atoms with Crippen LogP contribution in [0.15, 0.2) is 28.8 Å². The summed E-state index contributed by atoms with van der Waals surface area (Å²) in [6, 6.07) is 8.20. The number of aromatic nitrogens is 2. The zero-order valence-electron chi connectivity index (χ0n) is 13.9. The molecule has 3 rings (SSSR count). The van der Waals surface area contributed by atoms with E-state index in [2.05, 4.69) is 36.1 Å². The maximum Gasteiger partial charge on any atom is 0.230 e. The Morgan fingerprint density at radius 3 is 2.57 bits per heavy atom. The van der Waals surface area contributed by atoms with Gasteiger partial charge in [-0.3, -0.25) is 0 Å². The van der Waals surface area contributed by atoms with Gasteiger partial charge >= 0.3 is 0 Å². The predicted octanol–water partition coefficient (Wildman–Crippen LogP) is 3.54. The quantitative estimate of drug-likeness (QED) is 0.882. The second kappa shape index (κ2) is 6.71. The van der Waals surface area contributed by atoms with Crippen LogP contribution >= 0.6 is 0 Å². The standard InChI is InChI=1S/C18H25N3O2/c1-13(2)14-5-7-15(8-6-14)22-12-9-16-20-17(21-23-16)18(19)10-3-4-11-18/h5-8,13H,3-4,9-12,19H2,1-2H3. The van der Waals surface area contributed by atoms with E-state index in [1.807, 2.05) is 12.1 Å². The van der Waals surface area contributed by atoms with Crippen LogP contribution in [-0.4, -0.2) is 16.7 Å². The van der Waals surface area contributed by atoms with Crippen LogP contribution in [0.1, 0.15) is 62.7 Å². The normalized spacial score (nSPS) is 16.9. The minimum atomic E-state index is -0.394. The smallest absolute Gasteiger partial charge is 0.230 e. The number of benzene rings is 1. The van der Waals surface area contributed by atoms with Crippen molar-refractivity contribution in [3.63, 3.8) is 0 Å². The Morgan fingerprint density at radius 2 is 1.91 bits per heavy atom. The summed E-state index contributed by atoms with van der Waals surface area (Å²) in [6.07, 6.45) is 4.73. The Morgan fingerprint density at radius 1 is 1.22 bits per heavy atom. The van der Waals surface area contributed by atoms with Gasteiger partial charge in [-0.1, -0.05) is 44.0 Å². The third-order valence-electron chi connectivity index (χ3n) is 4.54. The molecule has 124 valence electrons. The largest absolute Gasteiger partial charge is 0.493 e. The highest BCUT2D eigenvalue weighted by Crippen LogP contribution is 2.34. The molecule has 1 aromatic carbocycles. The van der Waals surface area contributed by atoms with Gasteiger partial charge in [-0.15, -0.1) is 0 Å². The van der Waals surface area contributed by atoms with E-state index >= 15 is 0 Å². The van der Waals surface area contributed by atoms with E-state index in [1.54, 1.807) is 0 Å². The van der Waals surface area contributed by atoms with Crippen LogP contribution in [0.2, 0.25) is 0 Å². The minimum Gasteiger partial charge on any atom is -0.493 e. The van der Waals surface area contributed by atoms with Crippen LogP contribution in [0.25, 0.3) is 0 Å². The molecule has 1 aromatic heterocycles. The molecule has 0 amide bonds. The number of ether oxygens (including phenoxy) is 1. The zero-order chi connectivity index (χ0) is 16.3. The first kappa shape index (κ1) is 16.0. The van der Waals surface area contributed by atoms with Crippen molar-refractivity contribution < 1.29 is 9.26 Å². The lowest BCUT2D eigenvalue weighted by molar-refractivity contribution is 0.290. The van der Waals surface area contributed by atoms with Crippen LogP contribution in [-0.2, 0) is 12.0 Å². The molecule has 1 heterocycles. The fourth-order valence-corrected chi connectivity index (χ4v) is 2.99. The Bertz CT molecular complexity index is 628. The molecule has 1 fully saturated rings. The van der Waals surface area contributed by atoms with Gasteiger partial charge in [-0.2, -0.15) is 4.98 Å². The topological polar surface area (TPSA) is 74.2 Å². The van der Waals surface area contributed by atoms with Crippen molar-refractivity contribution in [3.05, 3.63) is 41.5 Å². The second-order valence-electron chi connectivity index (χ2n) is 6.70. The van der Waals surface area contributed by atoms with Crippen molar-refractivity contribution in [1.29, 1.82) is 0 Å². The SMILES string of the molecule is CC(C)c1ccc(OCCc2nc(C3(N)CCCC3)no2)cc1. The number of rotatable bonds is 6. The summed E-state index contributed by atoms with van der Waals surface area (Å²) in [5, 5.41) is 4.06. The van der Waals surface area contributed by atoms with Crippen LogP contribution in [0.3, 0.4) is 0 Å². The molecule has 1 saturated carbocycles. The Hall–Kier alpha value is -1.88. The van der Waals surface area contributed by atoms with Gasteiger partial charge in [0.15, 0.2) is 5.82 Å².